The van der Waals surface area contributed by atoms with E-state index in [4.69, 9.17) is 20.9 Å². The average molecular weight is 391 g/mol. The van der Waals surface area contributed by atoms with E-state index < -0.39 is 0 Å². The number of hydrogen-bond donors (Lipinski definition) is 2. The van der Waals surface area contributed by atoms with Crippen LogP contribution in [0.25, 0.3) is 0 Å². The van der Waals surface area contributed by atoms with Crippen LogP contribution in [0.4, 0.5) is 0 Å². The van der Waals surface area contributed by atoms with Crippen LogP contribution in [0.1, 0.15) is 18.1 Å². The highest BCUT2D eigenvalue weighted by Crippen LogP contribution is 2.33. The molecule has 0 radical (unpaired) electrons. The van der Waals surface area contributed by atoms with Crippen molar-refractivity contribution in [3.05, 3.63) is 58.1 Å². The van der Waals surface area contributed by atoms with Gasteiger partial charge >= 0.3 is 0 Å². The Bertz CT molecular complexity index is 729. The molecule has 0 fully saturated rings. The summed E-state index contributed by atoms with van der Waals surface area (Å²) in [5.74, 6) is 1.17. The lowest BCUT2D eigenvalue weighted by Gasteiger charge is -2.13. The molecular formula is C17H19BrN4O2. The third kappa shape index (κ3) is 5.27. The summed E-state index contributed by atoms with van der Waals surface area (Å²) in [6, 6.07) is 13.6. The summed E-state index contributed by atoms with van der Waals surface area (Å²) in [6.07, 6.45) is 1.54. The second kappa shape index (κ2) is 8.93. The van der Waals surface area contributed by atoms with E-state index >= 15 is 0 Å². The summed E-state index contributed by atoms with van der Waals surface area (Å²) in [7, 11) is 0. The van der Waals surface area contributed by atoms with Crippen LogP contribution >= 0.6 is 15.9 Å². The van der Waals surface area contributed by atoms with Crippen LogP contribution in [-0.4, -0.2) is 18.8 Å². The molecule has 0 spiro atoms. The van der Waals surface area contributed by atoms with Crippen LogP contribution in [0.5, 0.6) is 11.5 Å². The van der Waals surface area contributed by atoms with Crippen molar-refractivity contribution < 1.29 is 9.47 Å². The molecule has 7 heteroatoms. The van der Waals surface area contributed by atoms with Gasteiger partial charge in [0.05, 0.1) is 12.8 Å². The average Bonchev–Trinajstić information content (AvgIpc) is 2.57. The molecule has 0 aliphatic heterocycles. The normalized spacial score (nSPS) is 10.6. The predicted octanol–water partition coefficient (Wildman–Crippen LogP) is 3.03. The number of nitrogens with two attached hydrogens (primary N) is 2. The van der Waals surface area contributed by atoms with Crippen LogP contribution in [0.3, 0.4) is 0 Å². The first kappa shape index (κ1) is 17.8. The fourth-order valence-electron chi connectivity index (χ4n) is 1.92. The third-order valence-corrected chi connectivity index (χ3v) is 3.66. The monoisotopic (exact) mass is 390 g/mol. The maximum absolute atomic E-state index is 5.89. The minimum Gasteiger partial charge on any atom is -0.490 e. The van der Waals surface area contributed by atoms with Crippen LogP contribution in [0.2, 0.25) is 0 Å². The Morgan fingerprint density at radius 2 is 1.83 bits per heavy atom. The summed E-state index contributed by atoms with van der Waals surface area (Å²) in [5, 5.41) is 7.40. The van der Waals surface area contributed by atoms with Gasteiger partial charge in [-0.3, -0.25) is 0 Å². The molecule has 24 heavy (non-hydrogen) atoms. The number of guanidine groups is 1. The van der Waals surface area contributed by atoms with Crippen molar-refractivity contribution in [3.8, 4) is 11.5 Å². The fraction of sp³-hybridized carbons (Fsp3) is 0.176. The van der Waals surface area contributed by atoms with Crippen LogP contribution < -0.4 is 20.9 Å². The smallest absolute Gasteiger partial charge is 0.211 e. The molecule has 0 aliphatic rings. The first-order valence-corrected chi connectivity index (χ1v) is 8.14. The maximum Gasteiger partial charge on any atom is 0.211 e. The highest BCUT2D eigenvalue weighted by Gasteiger charge is 2.10. The van der Waals surface area contributed by atoms with E-state index in [9.17, 15) is 0 Å². The molecule has 6 nitrogen and oxygen atoms in total. The standard InChI is InChI=1S/C17H19BrN4O2/c1-2-23-15-8-13(10-21-22-17(19)20)14(18)9-16(15)24-11-12-6-4-3-5-7-12/h3-10H,2,11H2,1H3,(H4,19,20,22). The Morgan fingerprint density at radius 1 is 1.12 bits per heavy atom. The van der Waals surface area contributed by atoms with E-state index in [-0.39, 0.29) is 5.96 Å². The van der Waals surface area contributed by atoms with Crippen molar-refractivity contribution in [2.45, 2.75) is 13.5 Å². The van der Waals surface area contributed by atoms with Gasteiger partial charge in [0.1, 0.15) is 6.61 Å². The maximum atomic E-state index is 5.89. The number of nitrogens with zero attached hydrogens (tertiary/aromatic N) is 2. The first-order chi connectivity index (χ1) is 11.6. The molecule has 0 amide bonds. The zero-order valence-electron chi connectivity index (χ0n) is 13.3. The minimum absolute atomic E-state index is 0.102. The van der Waals surface area contributed by atoms with Crippen LogP contribution in [-0.2, 0) is 6.61 Å². The number of rotatable bonds is 7. The van der Waals surface area contributed by atoms with E-state index in [0.717, 1.165) is 15.6 Å². The Labute approximate surface area is 149 Å². The molecule has 0 aromatic heterocycles. The Morgan fingerprint density at radius 3 is 2.50 bits per heavy atom. The number of halogens is 1. The lowest BCUT2D eigenvalue weighted by Crippen LogP contribution is -2.21. The minimum atomic E-state index is -0.102. The molecule has 2 aromatic carbocycles. The second-order valence-electron chi connectivity index (χ2n) is 4.80. The van der Waals surface area contributed by atoms with E-state index in [1.807, 2.05) is 49.4 Å². The van der Waals surface area contributed by atoms with E-state index in [1.54, 1.807) is 0 Å². The summed E-state index contributed by atoms with van der Waals surface area (Å²) < 4.78 is 12.3. The van der Waals surface area contributed by atoms with Crippen molar-refractivity contribution in [2.24, 2.45) is 21.7 Å². The van der Waals surface area contributed by atoms with Gasteiger partial charge in [0, 0.05) is 10.0 Å². The fourth-order valence-corrected chi connectivity index (χ4v) is 2.35. The molecule has 0 unspecified atom stereocenters. The molecule has 0 atom stereocenters. The van der Waals surface area contributed by atoms with Gasteiger partial charge in [0.15, 0.2) is 11.5 Å². The van der Waals surface area contributed by atoms with Crippen LogP contribution in [0.15, 0.2) is 57.1 Å². The first-order valence-electron chi connectivity index (χ1n) is 7.35. The summed E-state index contributed by atoms with van der Waals surface area (Å²) in [6.45, 7) is 2.89. The number of ether oxygens (including phenoxy) is 2. The van der Waals surface area contributed by atoms with Crippen molar-refractivity contribution >= 4 is 28.1 Å². The molecule has 0 saturated heterocycles. The molecule has 126 valence electrons. The number of benzene rings is 2. The molecule has 0 heterocycles. The Hall–Kier alpha value is -2.54. The summed E-state index contributed by atoms with van der Waals surface area (Å²) in [5.41, 5.74) is 12.3. The Kier molecular flexibility index (Phi) is 6.62. The zero-order valence-corrected chi connectivity index (χ0v) is 14.9. The number of hydrogen-bond acceptors (Lipinski definition) is 4. The van der Waals surface area contributed by atoms with Crippen molar-refractivity contribution in [1.82, 2.24) is 0 Å². The molecule has 0 bridgehead atoms. The molecular weight excluding hydrogens is 372 g/mol. The van der Waals surface area contributed by atoms with Gasteiger partial charge in [-0.05, 0) is 40.5 Å². The summed E-state index contributed by atoms with van der Waals surface area (Å²) >= 11 is 3.49. The predicted molar refractivity (Wildman–Crippen MR) is 99.5 cm³/mol. The van der Waals surface area contributed by atoms with Gasteiger partial charge in [0.2, 0.25) is 5.96 Å². The van der Waals surface area contributed by atoms with Gasteiger partial charge in [-0.2, -0.15) is 5.10 Å². The lowest BCUT2D eigenvalue weighted by atomic mass is 10.2. The van der Waals surface area contributed by atoms with Crippen molar-refractivity contribution in [1.29, 1.82) is 0 Å². The molecule has 0 aliphatic carbocycles. The SMILES string of the molecule is CCOc1cc(C=NN=C(N)N)c(Br)cc1OCc1ccccc1. The van der Waals surface area contributed by atoms with Gasteiger partial charge < -0.3 is 20.9 Å². The van der Waals surface area contributed by atoms with Gasteiger partial charge in [-0.1, -0.05) is 30.3 Å². The van der Waals surface area contributed by atoms with E-state index in [2.05, 4.69) is 26.1 Å². The zero-order chi connectivity index (χ0) is 17.4. The van der Waals surface area contributed by atoms with Gasteiger partial charge in [-0.15, -0.1) is 5.10 Å². The Balaban J connectivity index is 2.22. The molecule has 0 saturated carbocycles. The van der Waals surface area contributed by atoms with Crippen molar-refractivity contribution in [3.63, 3.8) is 0 Å². The molecule has 4 N–H and O–H groups in total. The largest absolute Gasteiger partial charge is 0.490 e. The van der Waals surface area contributed by atoms with Crippen molar-refractivity contribution in [2.75, 3.05) is 6.61 Å². The van der Waals surface area contributed by atoms with E-state index in [0.29, 0.717) is 24.7 Å². The summed E-state index contributed by atoms with van der Waals surface area (Å²) in [4.78, 5) is 0. The molecule has 2 rings (SSSR count). The van der Waals surface area contributed by atoms with E-state index in [1.165, 1.54) is 6.21 Å². The topological polar surface area (TPSA) is 95.2 Å². The third-order valence-electron chi connectivity index (χ3n) is 2.97. The van der Waals surface area contributed by atoms with Crippen LogP contribution in [0, 0.1) is 0 Å². The van der Waals surface area contributed by atoms with Gasteiger partial charge in [0.25, 0.3) is 0 Å². The van der Waals surface area contributed by atoms with Gasteiger partial charge in [-0.25, -0.2) is 0 Å². The molecule has 2 aromatic rings. The quantitative estimate of drug-likeness (QED) is 0.431. The second-order valence-corrected chi connectivity index (χ2v) is 5.65. The highest BCUT2D eigenvalue weighted by atomic mass is 79.9. The lowest BCUT2D eigenvalue weighted by molar-refractivity contribution is 0.269. The highest BCUT2D eigenvalue weighted by molar-refractivity contribution is 9.10.